The highest BCUT2D eigenvalue weighted by Crippen LogP contribution is 1.73. The SMILES string of the molecule is CC(CO)NF. The van der Waals surface area contributed by atoms with Gasteiger partial charge in [-0.2, -0.15) is 5.54 Å². The lowest BCUT2D eigenvalue weighted by molar-refractivity contribution is 0.187. The smallest absolute Gasteiger partial charge is 0.0607 e. The van der Waals surface area contributed by atoms with E-state index in [1.807, 2.05) is 0 Å². The van der Waals surface area contributed by atoms with Crippen molar-refractivity contribution in [2.45, 2.75) is 13.0 Å². The zero-order chi connectivity index (χ0) is 4.99. The third kappa shape index (κ3) is 2.11. The van der Waals surface area contributed by atoms with Gasteiger partial charge in [-0.05, 0) is 6.92 Å². The van der Waals surface area contributed by atoms with Crippen molar-refractivity contribution in [2.24, 2.45) is 0 Å². The van der Waals surface area contributed by atoms with Crippen LogP contribution in [0.15, 0.2) is 0 Å². The number of aliphatic hydroxyl groups is 1. The summed E-state index contributed by atoms with van der Waals surface area (Å²) in [5.74, 6) is 0. The Kier molecular flexibility index (Phi) is 2.98. The molecule has 38 valence electrons. The molecule has 0 aromatic rings. The first-order valence-corrected chi connectivity index (χ1v) is 1.78. The van der Waals surface area contributed by atoms with Crippen LogP contribution in [0.1, 0.15) is 6.92 Å². The number of nitrogens with one attached hydrogen (secondary N) is 1. The van der Waals surface area contributed by atoms with Gasteiger partial charge in [-0.15, -0.1) is 4.48 Å². The summed E-state index contributed by atoms with van der Waals surface area (Å²) in [5, 5.41) is 8.03. The zero-order valence-corrected chi connectivity index (χ0v) is 3.61. The minimum atomic E-state index is -0.426. The highest BCUT2D eigenvalue weighted by molar-refractivity contribution is 4.45. The molecule has 2 nitrogen and oxygen atoms in total. The molecule has 1 unspecified atom stereocenters. The Hall–Kier alpha value is -0.150. The van der Waals surface area contributed by atoms with Crippen molar-refractivity contribution in [1.82, 2.24) is 5.54 Å². The quantitative estimate of drug-likeness (QED) is 0.465. The second-order valence-corrected chi connectivity index (χ2v) is 1.19. The molecule has 0 aliphatic rings. The third-order valence-electron chi connectivity index (χ3n) is 0.460. The summed E-state index contributed by atoms with van der Waals surface area (Å²) in [5.41, 5.74) is 1.36. The Morgan fingerprint density at radius 1 is 2.00 bits per heavy atom. The molecule has 0 heterocycles. The van der Waals surface area contributed by atoms with E-state index in [4.69, 9.17) is 5.11 Å². The van der Waals surface area contributed by atoms with Crippen LogP contribution >= 0.6 is 0 Å². The fraction of sp³-hybridized carbons (Fsp3) is 1.00. The van der Waals surface area contributed by atoms with Crippen LogP contribution in [0.3, 0.4) is 0 Å². The second kappa shape index (κ2) is 3.06. The van der Waals surface area contributed by atoms with Crippen LogP contribution in [0.5, 0.6) is 0 Å². The van der Waals surface area contributed by atoms with Gasteiger partial charge in [0.2, 0.25) is 0 Å². The largest absolute Gasteiger partial charge is 0.395 e. The average Bonchev–Trinajstić information content (AvgIpc) is 1.65. The Morgan fingerprint density at radius 3 is 2.50 bits per heavy atom. The number of halogens is 1. The standard InChI is InChI=1S/C3H8FNO/c1-3(2-6)5-4/h3,5-6H,2H2,1H3. The van der Waals surface area contributed by atoms with Crippen molar-refractivity contribution in [1.29, 1.82) is 0 Å². The molecule has 6 heavy (non-hydrogen) atoms. The number of hydrogen-bond acceptors (Lipinski definition) is 2. The minimum Gasteiger partial charge on any atom is -0.395 e. The molecule has 0 radical (unpaired) electrons. The summed E-state index contributed by atoms with van der Waals surface area (Å²) in [7, 11) is 0. The monoisotopic (exact) mass is 93.1 g/mol. The van der Waals surface area contributed by atoms with Gasteiger partial charge < -0.3 is 5.11 Å². The van der Waals surface area contributed by atoms with E-state index in [2.05, 4.69) is 0 Å². The average molecular weight is 93.1 g/mol. The van der Waals surface area contributed by atoms with E-state index >= 15 is 0 Å². The number of hydrogen-bond donors (Lipinski definition) is 2. The molecule has 1 atom stereocenters. The molecule has 0 aromatic carbocycles. The summed E-state index contributed by atoms with van der Waals surface area (Å²) < 4.78 is 11.0. The first kappa shape index (κ1) is 5.85. The zero-order valence-electron chi connectivity index (χ0n) is 3.61. The molecule has 0 saturated carbocycles. The molecule has 0 rings (SSSR count). The lowest BCUT2D eigenvalue weighted by Gasteiger charge is -1.97. The van der Waals surface area contributed by atoms with Crippen LogP contribution < -0.4 is 5.54 Å². The summed E-state index contributed by atoms with van der Waals surface area (Å²) >= 11 is 0. The van der Waals surface area contributed by atoms with E-state index < -0.39 is 6.04 Å². The van der Waals surface area contributed by atoms with Gasteiger partial charge in [0.15, 0.2) is 0 Å². The normalized spacial score (nSPS) is 14.5. The van der Waals surface area contributed by atoms with Crippen LogP contribution in [0.4, 0.5) is 4.48 Å². The first-order chi connectivity index (χ1) is 2.81. The Labute approximate surface area is 35.9 Å². The Bertz CT molecular complexity index is 30.0. The van der Waals surface area contributed by atoms with Gasteiger partial charge >= 0.3 is 0 Å². The van der Waals surface area contributed by atoms with E-state index in [0.29, 0.717) is 0 Å². The molecular weight excluding hydrogens is 85.0 g/mol. The minimum absolute atomic E-state index is 0.156. The van der Waals surface area contributed by atoms with E-state index in [0.717, 1.165) is 0 Å². The Balaban J connectivity index is 2.75. The molecule has 0 spiro atoms. The summed E-state index contributed by atoms with van der Waals surface area (Å²) in [4.78, 5) is 0. The molecular formula is C3H8FNO. The van der Waals surface area contributed by atoms with E-state index in [1.54, 1.807) is 6.92 Å². The summed E-state index contributed by atoms with van der Waals surface area (Å²) in [6.07, 6.45) is 0. The number of rotatable bonds is 2. The van der Waals surface area contributed by atoms with Crippen molar-refractivity contribution in [3.05, 3.63) is 0 Å². The molecule has 0 aliphatic carbocycles. The molecule has 0 aliphatic heterocycles. The molecule has 2 N–H and O–H groups in total. The van der Waals surface area contributed by atoms with Crippen molar-refractivity contribution in [3.63, 3.8) is 0 Å². The van der Waals surface area contributed by atoms with Gasteiger partial charge in [-0.1, -0.05) is 0 Å². The maximum absolute atomic E-state index is 11.0. The molecule has 0 bridgehead atoms. The molecule has 3 heteroatoms. The summed E-state index contributed by atoms with van der Waals surface area (Å²) in [6, 6.07) is -0.426. The van der Waals surface area contributed by atoms with Crippen LogP contribution in [0.25, 0.3) is 0 Å². The van der Waals surface area contributed by atoms with Gasteiger partial charge in [0.1, 0.15) is 0 Å². The highest BCUT2D eigenvalue weighted by atomic mass is 19.2. The van der Waals surface area contributed by atoms with Gasteiger partial charge in [0, 0.05) is 0 Å². The lowest BCUT2D eigenvalue weighted by Crippen LogP contribution is -2.20. The Morgan fingerprint density at radius 2 is 2.50 bits per heavy atom. The van der Waals surface area contributed by atoms with E-state index in [-0.39, 0.29) is 6.61 Å². The van der Waals surface area contributed by atoms with Crippen LogP contribution in [0, 0.1) is 0 Å². The van der Waals surface area contributed by atoms with Gasteiger partial charge in [-0.25, -0.2) is 0 Å². The van der Waals surface area contributed by atoms with Crippen molar-refractivity contribution in [2.75, 3.05) is 6.61 Å². The van der Waals surface area contributed by atoms with Crippen LogP contribution in [0.2, 0.25) is 0 Å². The lowest BCUT2D eigenvalue weighted by atomic mass is 10.4. The van der Waals surface area contributed by atoms with Crippen molar-refractivity contribution in [3.8, 4) is 0 Å². The first-order valence-electron chi connectivity index (χ1n) is 1.78. The predicted molar refractivity (Wildman–Crippen MR) is 20.8 cm³/mol. The second-order valence-electron chi connectivity index (χ2n) is 1.19. The highest BCUT2D eigenvalue weighted by Gasteiger charge is 1.91. The third-order valence-corrected chi connectivity index (χ3v) is 0.460. The van der Waals surface area contributed by atoms with Crippen LogP contribution in [-0.2, 0) is 0 Å². The predicted octanol–water partition coefficient (Wildman–Crippen LogP) is -0.159. The topological polar surface area (TPSA) is 32.3 Å². The fourth-order valence-electron chi connectivity index (χ4n) is 0.0345. The number of aliphatic hydroxyl groups excluding tert-OH is 1. The molecule has 0 amide bonds. The van der Waals surface area contributed by atoms with Gasteiger partial charge in [0.05, 0.1) is 12.6 Å². The summed E-state index contributed by atoms with van der Waals surface area (Å²) in [6.45, 7) is 1.39. The van der Waals surface area contributed by atoms with E-state index in [9.17, 15) is 4.48 Å². The van der Waals surface area contributed by atoms with Crippen molar-refractivity contribution < 1.29 is 9.59 Å². The maximum atomic E-state index is 11.0. The van der Waals surface area contributed by atoms with Crippen LogP contribution in [-0.4, -0.2) is 17.8 Å². The van der Waals surface area contributed by atoms with Gasteiger partial charge in [0.25, 0.3) is 0 Å². The fourth-order valence-corrected chi connectivity index (χ4v) is 0.0345. The molecule has 0 aromatic heterocycles. The molecule has 0 fully saturated rings. The van der Waals surface area contributed by atoms with Crippen molar-refractivity contribution >= 4 is 0 Å². The van der Waals surface area contributed by atoms with Gasteiger partial charge in [-0.3, -0.25) is 0 Å². The van der Waals surface area contributed by atoms with E-state index in [1.165, 1.54) is 5.54 Å². The molecule has 0 saturated heterocycles. The maximum Gasteiger partial charge on any atom is 0.0607 e.